The van der Waals surface area contributed by atoms with Crippen LogP contribution in [0.2, 0.25) is 0 Å². The van der Waals surface area contributed by atoms with Crippen LogP contribution in [-0.4, -0.2) is 19.9 Å². The summed E-state index contributed by atoms with van der Waals surface area (Å²) < 4.78 is 2.54. The lowest BCUT2D eigenvalue weighted by molar-refractivity contribution is 0.257. The first-order chi connectivity index (χ1) is 6.74. The molecule has 0 aliphatic heterocycles. The summed E-state index contributed by atoms with van der Waals surface area (Å²) in [5.74, 6) is 0.635. The second-order valence-electron chi connectivity index (χ2n) is 3.32. The number of H-pyrrole nitrogens is 1. The van der Waals surface area contributed by atoms with E-state index in [1.165, 1.54) is 0 Å². The minimum atomic E-state index is -0.0621. The van der Waals surface area contributed by atoms with Crippen LogP contribution < -0.4 is 0 Å². The van der Waals surface area contributed by atoms with Gasteiger partial charge in [-0.2, -0.15) is 5.10 Å². The quantitative estimate of drug-likeness (QED) is 0.740. The summed E-state index contributed by atoms with van der Waals surface area (Å²) in [5.41, 5.74) is 0. The Kier molecular flexibility index (Phi) is 4.28. The number of aromatic nitrogens is 3. The van der Waals surface area contributed by atoms with Gasteiger partial charge in [-0.1, -0.05) is 20.3 Å². The minimum absolute atomic E-state index is 0.0621. The van der Waals surface area contributed by atoms with Crippen LogP contribution in [0.3, 0.4) is 0 Å². The first-order valence-electron chi connectivity index (χ1n) is 5.01. The number of nitrogens with one attached hydrogen (secondary N) is 1. The standard InChI is InChI=1S/C9H17N3OS/c1-3-5-7(4-2)12-8(6-13)10-11-9(12)14/h7,13H,3-6H2,1-2H3,(H,11,14). The Morgan fingerprint density at radius 1 is 1.57 bits per heavy atom. The Morgan fingerprint density at radius 3 is 2.79 bits per heavy atom. The zero-order chi connectivity index (χ0) is 10.6. The molecule has 14 heavy (non-hydrogen) atoms. The van der Waals surface area contributed by atoms with E-state index in [1.807, 2.05) is 4.57 Å². The maximum Gasteiger partial charge on any atom is 0.195 e. The van der Waals surface area contributed by atoms with Crippen LogP contribution in [-0.2, 0) is 6.61 Å². The van der Waals surface area contributed by atoms with Crippen molar-refractivity contribution >= 4 is 12.2 Å². The van der Waals surface area contributed by atoms with E-state index in [-0.39, 0.29) is 6.61 Å². The Morgan fingerprint density at radius 2 is 2.29 bits per heavy atom. The van der Waals surface area contributed by atoms with Gasteiger partial charge in [0, 0.05) is 6.04 Å². The van der Waals surface area contributed by atoms with Crippen molar-refractivity contribution in [1.29, 1.82) is 0 Å². The normalized spacial score (nSPS) is 13.1. The predicted molar refractivity (Wildman–Crippen MR) is 57.6 cm³/mol. The van der Waals surface area contributed by atoms with E-state index < -0.39 is 0 Å². The van der Waals surface area contributed by atoms with Crippen LogP contribution in [0.25, 0.3) is 0 Å². The highest BCUT2D eigenvalue weighted by Crippen LogP contribution is 2.19. The van der Waals surface area contributed by atoms with Crippen LogP contribution >= 0.6 is 12.2 Å². The highest BCUT2D eigenvalue weighted by Gasteiger charge is 2.13. The molecule has 0 saturated carbocycles. The molecule has 0 amide bonds. The number of rotatable bonds is 5. The lowest BCUT2D eigenvalue weighted by Crippen LogP contribution is -2.11. The van der Waals surface area contributed by atoms with Crippen molar-refractivity contribution in [3.05, 3.63) is 10.6 Å². The van der Waals surface area contributed by atoms with Gasteiger partial charge in [0.25, 0.3) is 0 Å². The largest absolute Gasteiger partial charge is 0.388 e. The van der Waals surface area contributed by atoms with E-state index >= 15 is 0 Å². The van der Waals surface area contributed by atoms with E-state index in [2.05, 4.69) is 24.0 Å². The van der Waals surface area contributed by atoms with Crippen molar-refractivity contribution < 1.29 is 5.11 Å². The molecule has 1 aromatic heterocycles. The molecule has 0 fully saturated rings. The summed E-state index contributed by atoms with van der Waals surface area (Å²) in [6.07, 6.45) is 3.18. The van der Waals surface area contributed by atoms with Crippen LogP contribution in [0.4, 0.5) is 0 Å². The molecule has 1 atom stereocenters. The summed E-state index contributed by atoms with van der Waals surface area (Å²) in [6.45, 7) is 4.20. The molecule has 0 aliphatic carbocycles. The van der Waals surface area contributed by atoms with Crippen LogP contribution in [0, 0.1) is 4.77 Å². The molecule has 0 spiro atoms. The van der Waals surface area contributed by atoms with Crippen molar-refractivity contribution in [3.8, 4) is 0 Å². The topological polar surface area (TPSA) is 53.8 Å². The molecule has 5 heteroatoms. The molecular weight excluding hydrogens is 198 g/mol. The Bertz CT molecular complexity index is 331. The van der Waals surface area contributed by atoms with E-state index in [1.54, 1.807) is 0 Å². The molecule has 1 rings (SSSR count). The zero-order valence-corrected chi connectivity index (χ0v) is 9.47. The zero-order valence-electron chi connectivity index (χ0n) is 8.66. The van der Waals surface area contributed by atoms with Gasteiger partial charge in [0.1, 0.15) is 6.61 Å². The Hall–Kier alpha value is -0.680. The SMILES string of the molecule is CCCC(CC)n1c(CO)n[nH]c1=S. The first-order valence-corrected chi connectivity index (χ1v) is 5.42. The number of hydrogen-bond donors (Lipinski definition) is 2. The third-order valence-corrected chi connectivity index (χ3v) is 2.67. The van der Waals surface area contributed by atoms with E-state index in [4.69, 9.17) is 17.3 Å². The van der Waals surface area contributed by atoms with Crippen molar-refractivity contribution in [2.75, 3.05) is 0 Å². The first kappa shape index (κ1) is 11.4. The van der Waals surface area contributed by atoms with Crippen LogP contribution in [0.1, 0.15) is 45.0 Å². The minimum Gasteiger partial charge on any atom is -0.388 e. The molecule has 4 nitrogen and oxygen atoms in total. The van der Waals surface area contributed by atoms with Gasteiger partial charge in [0.05, 0.1) is 0 Å². The lowest BCUT2D eigenvalue weighted by atomic mass is 10.1. The van der Waals surface area contributed by atoms with Crippen LogP contribution in [0.15, 0.2) is 0 Å². The highest BCUT2D eigenvalue weighted by atomic mass is 32.1. The maximum absolute atomic E-state index is 9.09. The van der Waals surface area contributed by atoms with Gasteiger partial charge < -0.3 is 5.11 Å². The summed E-state index contributed by atoms with van der Waals surface area (Å²) in [4.78, 5) is 0. The monoisotopic (exact) mass is 215 g/mol. The third kappa shape index (κ3) is 2.22. The molecule has 1 unspecified atom stereocenters. The van der Waals surface area contributed by atoms with Gasteiger partial charge in [0.15, 0.2) is 10.6 Å². The number of aromatic amines is 1. The lowest BCUT2D eigenvalue weighted by Gasteiger charge is -2.16. The highest BCUT2D eigenvalue weighted by molar-refractivity contribution is 7.71. The fraction of sp³-hybridized carbons (Fsp3) is 0.778. The fourth-order valence-electron chi connectivity index (χ4n) is 1.67. The maximum atomic E-state index is 9.09. The molecule has 0 aliphatic rings. The van der Waals surface area contributed by atoms with E-state index in [9.17, 15) is 0 Å². The molecule has 80 valence electrons. The number of aliphatic hydroxyl groups excluding tert-OH is 1. The summed E-state index contributed by atoms with van der Waals surface area (Å²) >= 11 is 5.13. The fourth-order valence-corrected chi connectivity index (χ4v) is 1.97. The predicted octanol–water partition coefficient (Wildman–Crippen LogP) is 2.18. The molecule has 0 radical (unpaired) electrons. The molecule has 0 aromatic carbocycles. The van der Waals surface area contributed by atoms with Gasteiger partial charge in [-0.3, -0.25) is 9.67 Å². The molecular formula is C9H17N3OS. The van der Waals surface area contributed by atoms with Gasteiger partial charge in [-0.05, 0) is 25.1 Å². The smallest absolute Gasteiger partial charge is 0.195 e. The second kappa shape index (κ2) is 5.26. The summed E-state index contributed by atoms with van der Waals surface area (Å²) in [5, 5.41) is 15.8. The van der Waals surface area contributed by atoms with Crippen molar-refractivity contribution in [2.24, 2.45) is 0 Å². The molecule has 0 bridgehead atoms. The van der Waals surface area contributed by atoms with Gasteiger partial charge in [0.2, 0.25) is 0 Å². The average molecular weight is 215 g/mol. The van der Waals surface area contributed by atoms with Gasteiger partial charge >= 0.3 is 0 Å². The van der Waals surface area contributed by atoms with Crippen molar-refractivity contribution in [3.63, 3.8) is 0 Å². The molecule has 1 heterocycles. The van der Waals surface area contributed by atoms with Crippen molar-refractivity contribution in [2.45, 2.75) is 45.8 Å². The van der Waals surface area contributed by atoms with Gasteiger partial charge in [-0.15, -0.1) is 0 Å². The molecule has 2 N–H and O–H groups in total. The van der Waals surface area contributed by atoms with E-state index in [0.717, 1.165) is 19.3 Å². The number of hydrogen-bond acceptors (Lipinski definition) is 3. The molecule has 0 saturated heterocycles. The Labute approximate surface area is 89.0 Å². The van der Waals surface area contributed by atoms with E-state index in [0.29, 0.717) is 16.6 Å². The third-order valence-electron chi connectivity index (χ3n) is 2.38. The van der Waals surface area contributed by atoms with Crippen LogP contribution in [0.5, 0.6) is 0 Å². The number of nitrogens with zero attached hydrogens (tertiary/aromatic N) is 2. The van der Waals surface area contributed by atoms with Gasteiger partial charge in [-0.25, -0.2) is 0 Å². The summed E-state index contributed by atoms with van der Waals surface area (Å²) in [6, 6.07) is 0.355. The average Bonchev–Trinajstić information content (AvgIpc) is 2.56. The van der Waals surface area contributed by atoms with Crippen molar-refractivity contribution in [1.82, 2.24) is 14.8 Å². The summed E-state index contributed by atoms with van der Waals surface area (Å²) in [7, 11) is 0. The number of aliphatic hydroxyl groups is 1. The Balaban J connectivity index is 3.00. The molecule has 1 aromatic rings. The second-order valence-corrected chi connectivity index (χ2v) is 3.71.